The summed E-state index contributed by atoms with van der Waals surface area (Å²) in [7, 11) is -1.24. The number of quaternary nitrogens is 1. The van der Waals surface area contributed by atoms with E-state index in [-0.39, 0.29) is 29.5 Å². The third kappa shape index (κ3) is 4.60. The number of rotatable bonds is 6. The summed E-state index contributed by atoms with van der Waals surface area (Å²) < 4.78 is 29.2. The van der Waals surface area contributed by atoms with E-state index in [1.165, 1.54) is 4.90 Å². The van der Waals surface area contributed by atoms with Gasteiger partial charge in [0.15, 0.2) is 15.9 Å². The molecule has 0 unspecified atom stereocenters. The molecule has 2 atom stereocenters. The van der Waals surface area contributed by atoms with Gasteiger partial charge in [0.25, 0.3) is 5.91 Å². The van der Waals surface area contributed by atoms with E-state index in [0.29, 0.717) is 13.0 Å². The molecule has 2 aliphatic rings. The summed E-state index contributed by atoms with van der Waals surface area (Å²) in [6.45, 7) is 8.03. The minimum atomic E-state index is -2.99. The smallest absolute Gasteiger partial charge is 0.280 e. The first-order valence-corrected chi connectivity index (χ1v) is 11.9. The predicted molar refractivity (Wildman–Crippen MR) is 110 cm³/mol. The minimum absolute atomic E-state index is 0.0419. The van der Waals surface area contributed by atoms with Crippen LogP contribution in [0.2, 0.25) is 0 Å². The second-order valence-corrected chi connectivity index (χ2v) is 10.0. The van der Waals surface area contributed by atoms with Crippen molar-refractivity contribution in [1.82, 2.24) is 4.90 Å². The monoisotopic (exact) mass is 410 g/mol. The standard InChI is InChI=1S/C20H31N3O4S/c1-4-27-19-8-6-5-7-18(19)23-12-10-22(11-13-23)16(2)20(24)21(3)17-9-14-28(25,26)15-17/h5-8,16-17H,4,9-15H2,1-3H3/p+1/t16-,17-/m0/s1. The number of nitrogens with one attached hydrogen (secondary N) is 1. The van der Waals surface area contributed by atoms with Gasteiger partial charge in [-0.15, -0.1) is 0 Å². The van der Waals surface area contributed by atoms with Gasteiger partial charge in [0.2, 0.25) is 0 Å². The highest BCUT2D eigenvalue weighted by molar-refractivity contribution is 7.91. The number of carbonyl (C=O) groups is 1. The van der Waals surface area contributed by atoms with Crippen molar-refractivity contribution in [2.24, 2.45) is 0 Å². The third-order valence-corrected chi connectivity index (χ3v) is 7.75. The van der Waals surface area contributed by atoms with E-state index in [1.54, 1.807) is 11.9 Å². The van der Waals surface area contributed by atoms with Crippen molar-refractivity contribution >= 4 is 21.4 Å². The van der Waals surface area contributed by atoms with Crippen LogP contribution >= 0.6 is 0 Å². The molecular weight excluding hydrogens is 378 g/mol. The van der Waals surface area contributed by atoms with Crippen LogP contribution in [-0.4, -0.2) is 82.6 Å². The lowest BCUT2D eigenvalue weighted by atomic mass is 10.1. The molecule has 0 bridgehead atoms. The van der Waals surface area contributed by atoms with Crippen LogP contribution in [0, 0.1) is 0 Å². The molecule has 1 aromatic rings. The number of nitrogens with zero attached hydrogens (tertiary/aromatic N) is 2. The van der Waals surface area contributed by atoms with Gasteiger partial charge >= 0.3 is 0 Å². The number of sulfone groups is 1. The number of hydrogen-bond acceptors (Lipinski definition) is 5. The zero-order valence-corrected chi connectivity index (χ0v) is 17.9. The summed E-state index contributed by atoms with van der Waals surface area (Å²) in [4.78, 5) is 18.1. The summed E-state index contributed by atoms with van der Waals surface area (Å²) in [5.41, 5.74) is 1.11. The second-order valence-electron chi connectivity index (χ2n) is 7.77. The molecule has 0 aromatic heterocycles. The quantitative estimate of drug-likeness (QED) is 0.705. The summed E-state index contributed by atoms with van der Waals surface area (Å²) in [6.07, 6.45) is 0.550. The summed E-state index contributed by atoms with van der Waals surface area (Å²) in [5.74, 6) is 1.23. The molecule has 2 fully saturated rings. The maximum atomic E-state index is 12.9. The number of carbonyl (C=O) groups excluding carboxylic acids is 1. The zero-order chi connectivity index (χ0) is 20.3. The molecule has 2 saturated heterocycles. The largest absolute Gasteiger partial charge is 0.492 e. The van der Waals surface area contributed by atoms with Crippen LogP contribution in [0.25, 0.3) is 0 Å². The van der Waals surface area contributed by atoms with Crippen molar-refractivity contribution in [3.8, 4) is 5.75 Å². The summed E-state index contributed by atoms with van der Waals surface area (Å²) in [6, 6.07) is 7.73. The molecule has 2 aliphatic heterocycles. The Morgan fingerprint density at radius 3 is 2.61 bits per heavy atom. The Morgan fingerprint density at radius 1 is 1.32 bits per heavy atom. The van der Waals surface area contributed by atoms with Crippen molar-refractivity contribution < 1.29 is 22.8 Å². The molecule has 28 heavy (non-hydrogen) atoms. The van der Waals surface area contributed by atoms with Crippen LogP contribution in [-0.2, 0) is 14.6 Å². The van der Waals surface area contributed by atoms with E-state index in [4.69, 9.17) is 4.74 Å². The fourth-order valence-corrected chi connectivity index (χ4v) is 5.98. The SMILES string of the molecule is CCOc1ccccc1N1CC[NH+]([C@@H](C)C(=O)N(C)[C@H]2CCS(=O)(=O)C2)CC1. The van der Waals surface area contributed by atoms with Gasteiger partial charge in [-0.2, -0.15) is 0 Å². The maximum Gasteiger partial charge on any atom is 0.280 e. The van der Waals surface area contributed by atoms with Crippen LogP contribution in [0.1, 0.15) is 20.3 Å². The Labute approximate surface area is 168 Å². The number of amides is 1. The number of anilines is 1. The van der Waals surface area contributed by atoms with Gasteiger partial charge < -0.3 is 19.4 Å². The van der Waals surface area contributed by atoms with Crippen LogP contribution in [0.3, 0.4) is 0 Å². The molecule has 2 heterocycles. The van der Waals surface area contributed by atoms with E-state index in [1.807, 2.05) is 32.0 Å². The highest BCUT2D eigenvalue weighted by Crippen LogP contribution is 2.27. The van der Waals surface area contributed by atoms with E-state index in [9.17, 15) is 13.2 Å². The van der Waals surface area contributed by atoms with E-state index in [2.05, 4.69) is 11.0 Å². The van der Waals surface area contributed by atoms with Crippen molar-refractivity contribution in [2.75, 3.05) is 56.2 Å². The Hall–Kier alpha value is -1.80. The first-order valence-electron chi connectivity index (χ1n) is 10.1. The van der Waals surface area contributed by atoms with Gasteiger partial charge in [0.05, 0.1) is 50.0 Å². The highest BCUT2D eigenvalue weighted by atomic mass is 32.2. The van der Waals surface area contributed by atoms with Crippen LogP contribution in [0.15, 0.2) is 24.3 Å². The molecule has 3 rings (SSSR count). The van der Waals surface area contributed by atoms with Gasteiger partial charge in [-0.05, 0) is 32.4 Å². The van der Waals surface area contributed by atoms with Gasteiger partial charge in [-0.1, -0.05) is 12.1 Å². The number of hydrogen-bond donors (Lipinski definition) is 1. The fraction of sp³-hybridized carbons (Fsp3) is 0.650. The molecule has 0 radical (unpaired) electrons. The number of likely N-dealkylation sites (N-methyl/N-ethyl adjacent to an activating group) is 1. The Kier molecular flexibility index (Phi) is 6.50. The summed E-state index contributed by atoms with van der Waals surface area (Å²) >= 11 is 0. The van der Waals surface area contributed by atoms with Gasteiger partial charge in [-0.25, -0.2) is 8.42 Å². The lowest BCUT2D eigenvalue weighted by Crippen LogP contribution is -3.19. The predicted octanol–water partition coefficient (Wildman–Crippen LogP) is -0.176. The first kappa shape index (κ1) is 20.9. The topological polar surface area (TPSA) is 71.4 Å². The van der Waals surface area contributed by atoms with E-state index in [0.717, 1.165) is 37.6 Å². The van der Waals surface area contributed by atoms with Crippen LogP contribution < -0.4 is 14.5 Å². The number of para-hydroxylation sites is 2. The molecule has 1 amide bonds. The molecule has 0 saturated carbocycles. The minimum Gasteiger partial charge on any atom is -0.492 e. The van der Waals surface area contributed by atoms with E-state index < -0.39 is 9.84 Å². The molecule has 1 N–H and O–H groups in total. The molecule has 1 aromatic carbocycles. The lowest BCUT2D eigenvalue weighted by Gasteiger charge is -2.38. The second kappa shape index (κ2) is 8.69. The van der Waals surface area contributed by atoms with Crippen molar-refractivity contribution in [2.45, 2.75) is 32.4 Å². The number of piperazine rings is 1. The zero-order valence-electron chi connectivity index (χ0n) is 17.1. The molecule has 8 heteroatoms. The number of ether oxygens (including phenoxy) is 1. The Morgan fingerprint density at radius 2 is 2.00 bits per heavy atom. The van der Waals surface area contributed by atoms with Crippen LogP contribution in [0.4, 0.5) is 5.69 Å². The first-order chi connectivity index (χ1) is 13.3. The third-order valence-electron chi connectivity index (χ3n) is 6.00. The van der Waals surface area contributed by atoms with Crippen LogP contribution in [0.5, 0.6) is 5.75 Å². The molecule has 0 aliphatic carbocycles. The number of benzene rings is 1. The average molecular weight is 411 g/mol. The maximum absolute atomic E-state index is 12.9. The molecule has 156 valence electrons. The fourth-order valence-electron chi connectivity index (χ4n) is 4.20. The molecule has 0 spiro atoms. The highest BCUT2D eigenvalue weighted by Gasteiger charge is 2.37. The van der Waals surface area contributed by atoms with Gasteiger partial charge in [-0.3, -0.25) is 4.79 Å². The summed E-state index contributed by atoms with van der Waals surface area (Å²) in [5, 5.41) is 0. The van der Waals surface area contributed by atoms with Gasteiger partial charge in [0, 0.05) is 13.1 Å². The van der Waals surface area contributed by atoms with Crippen molar-refractivity contribution in [3.63, 3.8) is 0 Å². The van der Waals surface area contributed by atoms with Crippen molar-refractivity contribution in [3.05, 3.63) is 24.3 Å². The lowest BCUT2D eigenvalue weighted by molar-refractivity contribution is -0.915. The van der Waals surface area contributed by atoms with Crippen molar-refractivity contribution in [1.29, 1.82) is 0 Å². The molecular formula is C20H32N3O4S+. The molecule has 7 nitrogen and oxygen atoms in total. The Bertz CT molecular complexity index is 790. The van der Waals surface area contributed by atoms with Gasteiger partial charge in [0.1, 0.15) is 5.75 Å². The normalized spacial score (nSPS) is 23.4. The Balaban J connectivity index is 1.58. The average Bonchev–Trinajstić information content (AvgIpc) is 3.07. The van der Waals surface area contributed by atoms with E-state index >= 15 is 0 Å².